The number of aromatic nitrogens is 4. The van der Waals surface area contributed by atoms with Gasteiger partial charge in [0, 0.05) is 25.9 Å². The highest BCUT2D eigenvalue weighted by Gasteiger charge is 2.39. The van der Waals surface area contributed by atoms with Crippen LogP contribution < -0.4 is 9.46 Å². The fraction of sp³-hybridized carbons (Fsp3) is 0.500. The normalized spacial score (nSPS) is 17.1. The Balaban J connectivity index is 1.41. The Kier molecular flexibility index (Phi) is 6.50. The molecule has 36 heavy (non-hydrogen) atoms. The van der Waals surface area contributed by atoms with E-state index < -0.39 is 10.0 Å². The summed E-state index contributed by atoms with van der Waals surface area (Å²) in [4.78, 5) is 30.5. The van der Waals surface area contributed by atoms with Crippen molar-refractivity contribution in [3.05, 3.63) is 50.6 Å². The standard InChI is InChI=1S/C24H30N6O4S2/c1-5-16-18(8-9-19(26-16)28-36(4,32)33)34-13-21(31)30-12-10-17-22(29-11-6-7-20(29)27-17)23(30)24-14(2)25-15(3)35-24/h8-9,23H,5-7,10-13H2,1-4H3,(H,26,28). The van der Waals surface area contributed by atoms with E-state index in [-0.39, 0.29) is 24.4 Å². The molecule has 5 rings (SSSR count). The van der Waals surface area contributed by atoms with Crippen molar-refractivity contribution in [3.8, 4) is 5.75 Å². The van der Waals surface area contributed by atoms with Crippen molar-refractivity contribution in [2.45, 2.75) is 59.0 Å². The molecular weight excluding hydrogens is 500 g/mol. The number of ether oxygens (including phenoxy) is 1. The molecule has 0 aliphatic carbocycles. The van der Waals surface area contributed by atoms with Crippen molar-refractivity contribution >= 4 is 33.1 Å². The number of pyridine rings is 1. The molecule has 12 heteroatoms. The molecule has 0 aromatic carbocycles. The number of carbonyl (C=O) groups is 1. The molecule has 1 atom stereocenters. The van der Waals surface area contributed by atoms with Gasteiger partial charge >= 0.3 is 0 Å². The molecule has 1 amide bonds. The van der Waals surface area contributed by atoms with Crippen molar-refractivity contribution in [1.29, 1.82) is 0 Å². The number of carbonyl (C=O) groups excluding carboxylic acids is 1. The van der Waals surface area contributed by atoms with Crippen LogP contribution in [0.5, 0.6) is 5.75 Å². The fourth-order valence-electron chi connectivity index (χ4n) is 5.07. The van der Waals surface area contributed by atoms with Gasteiger partial charge < -0.3 is 14.2 Å². The first-order valence-corrected chi connectivity index (χ1v) is 14.8. The third kappa shape index (κ3) is 4.71. The van der Waals surface area contributed by atoms with E-state index in [1.165, 1.54) is 6.07 Å². The third-order valence-corrected chi connectivity index (χ3v) is 8.23. The number of nitrogens with one attached hydrogen (secondary N) is 1. The van der Waals surface area contributed by atoms with Gasteiger partial charge in [-0.05, 0) is 38.8 Å². The molecule has 0 bridgehead atoms. The Morgan fingerprint density at radius 1 is 1.19 bits per heavy atom. The monoisotopic (exact) mass is 530 g/mol. The van der Waals surface area contributed by atoms with Gasteiger partial charge in [0.1, 0.15) is 23.4 Å². The molecule has 1 unspecified atom stereocenters. The highest BCUT2D eigenvalue weighted by molar-refractivity contribution is 7.92. The van der Waals surface area contributed by atoms with Crippen LogP contribution in [-0.2, 0) is 40.6 Å². The smallest absolute Gasteiger partial charge is 0.261 e. The van der Waals surface area contributed by atoms with Crippen LogP contribution in [0, 0.1) is 13.8 Å². The highest BCUT2D eigenvalue weighted by atomic mass is 32.2. The van der Waals surface area contributed by atoms with E-state index >= 15 is 0 Å². The Morgan fingerprint density at radius 2 is 2.00 bits per heavy atom. The summed E-state index contributed by atoms with van der Waals surface area (Å²) >= 11 is 1.63. The molecular formula is C24H30N6O4S2. The van der Waals surface area contributed by atoms with E-state index in [1.54, 1.807) is 17.4 Å². The Hall–Kier alpha value is -2.99. The van der Waals surface area contributed by atoms with Crippen LogP contribution in [0.1, 0.15) is 57.9 Å². The van der Waals surface area contributed by atoms with Crippen molar-refractivity contribution in [2.24, 2.45) is 0 Å². The van der Waals surface area contributed by atoms with E-state index in [1.807, 2.05) is 25.7 Å². The second kappa shape index (κ2) is 9.47. The van der Waals surface area contributed by atoms with Crippen LogP contribution in [0.3, 0.4) is 0 Å². The minimum Gasteiger partial charge on any atom is -0.482 e. The van der Waals surface area contributed by atoms with Crippen LogP contribution in [0.25, 0.3) is 0 Å². The maximum atomic E-state index is 13.6. The number of anilines is 1. The lowest BCUT2D eigenvalue weighted by molar-refractivity contribution is -0.135. The molecule has 3 aromatic heterocycles. The van der Waals surface area contributed by atoms with E-state index in [0.29, 0.717) is 30.8 Å². The quantitative estimate of drug-likeness (QED) is 0.499. The first kappa shape index (κ1) is 24.7. The summed E-state index contributed by atoms with van der Waals surface area (Å²) in [6.45, 7) is 7.23. The number of nitrogens with zero attached hydrogens (tertiary/aromatic N) is 5. The van der Waals surface area contributed by atoms with Crippen LogP contribution in [0.2, 0.25) is 0 Å². The molecule has 0 saturated heterocycles. The van der Waals surface area contributed by atoms with Gasteiger partial charge in [-0.3, -0.25) is 9.52 Å². The average molecular weight is 531 g/mol. The van der Waals surface area contributed by atoms with Crippen molar-refractivity contribution in [3.63, 3.8) is 0 Å². The predicted octanol–water partition coefficient (Wildman–Crippen LogP) is 2.78. The molecule has 0 saturated carbocycles. The number of amides is 1. The summed E-state index contributed by atoms with van der Waals surface area (Å²) in [6.07, 6.45) is 4.35. The first-order chi connectivity index (χ1) is 17.1. The summed E-state index contributed by atoms with van der Waals surface area (Å²) in [5.41, 5.74) is 3.71. The number of thiazole rings is 1. The van der Waals surface area contributed by atoms with Gasteiger partial charge in [-0.15, -0.1) is 11.3 Å². The highest BCUT2D eigenvalue weighted by Crippen LogP contribution is 2.41. The predicted molar refractivity (Wildman–Crippen MR) is 137 cm³/mol. The Morgan fingerprint density at radius 3 is 2.69 bits per heavy atom. The zero-order valence-corrected chi connectivity index (χ0v) is 22.5. The second-order valence-electron chi connectivity index (χ2n) is 9.20. The molecule has 3 aromatic rings. The van der Waals surface area contributed by atoms with Crippen molar-refractivity contribution < 1.29 is 17.9 Å². The molecule has 2 aliphatic heterocycles. The van der Waals surface area contributed by atoms with Gasteiger partial charge in [-0.25, -0.2) is 23.4 Å². The lowest BCUT2D eigenvalue weighted by Crippen LogP contribution is -2.43. The summed E-state index contributed by atoms with van der Waals surface area (Å²) < 4.78 is 33.7. The SMILES string of the molecule is CCc1nc(NS(C)(=O)=O)ccc1OCC(=O)N1CCc2nc3n(c2C1c1sc(C)nc1C)CCC3. The summed E-state index contributed by atoms with van der Waals surface area (Å²) in [5.74, 6) is 1.68. The molecule has 10 nitrogen and oxygen atoms in total. The van der Waals surface area contributed by atoms with Crippen LogP contribution in [-0.4, -0.2) is 58.2 Å². The lowest BCUT2D eigenvalue weighted by atomic mass is 9.99. The number of hydrogen-bond donors (Lipinski definition) is 1. The largest absolute Gasteiger partial charge is 0.482 e. The topological polar surface area (TPSA) is 119 Å². The van der Waals surface area contributed by atoms with Gasteiger partial charge in [0.2, 0.25) is 10.0 Å². The lowest BCUT2D eigenvalue weighted by Gasteiger charge is -2.36. The number of sulfonamides is 1. The van der Waals surface area contributed by atoms with E-state index in [9.17, 15) is 13.2 Å². The van der Waals surface area contributed by atoms with Crippen LogP contribution >= 0.6 is 11.3 Å². The van der Waals surface area contributed by atoms with E-state index in [2.05, 4.69) is 19.3 Å². The summed E-state index contributed by atoms with van der Waals surface area (Å²) in [7, 11) is -3.44. The molecule has 5 heterocycles. The number of fused-ring (bicyclic) bond motifs is 3. The fourth-order valence-corrected chi connectivity index (χ4v) is 6.61. The van der Waals surface area contributed by atoms with Crippen LogP contribution in [0.15, 0.2) is 12.1 Å². The van der Waals surface area contributed by atoms with Gasteiger partial charge in [-0.2, -0.15) is 0 Å². The minimum atomic E-state index is -3.44. The Bertz CT molecular complexity index is 1430. The Labute approximate surface area is 214 Å². The van der Waals surface area contributed by atoms with Crippen molar-refractivity contribution in [1.82, 2.24) is 24.4 Å². The van der Waals surface area contributed by atoms with E-state index in [4.69, 9.17) is 9.72 Å². The third-order valence-electron chi connectivity index (χ3n) is 6.52. The van der Waals surface area contributed by atoms with Gasteiger partial charge in [0.15, 0.2) is 6.61 Å². The molecule has 0 fully saturated rings. The first-order valence-electron chi connectivity index (χ1n) is 12.1. The number of aryl methyl sites for hydroxylation is 4. The zero-order chi connectivity index (χ0) is 25.6. The minimum absolute atomic E-state index is 0.120. The molecule has 2 aliphatic rings. The number of imidazole rings is 1. The molecule has 1 N–H and O–H groups in total. The molecule has 0 spiro atoms. The molecule has 0 radical (unpaired) electrons. The van der Waals surface area contributed by atoms with E-state index in [0.717, 1.165) is 58.4 Å². The van der Waals surface area contributed by atoms with Gasteiger partial charge in [0.05, 0.1) is 38.9 Å². The summed E-state index contributed by atoms with van der Waals surface area (Å²) in [6, 6.07) is 2.95. The average Bonchev–Trinajstić information content (AvgIpc) is 3.50. The number of rotatable bonds is 7. The van der Waals surface area contributed by atoms with Crippen molar-refractivity contribution in [2.75, 3.05) is 24.1 Å². The number of hydrogen-bond acceptors (Lipinski definition) is 8. The zero-order valence-electron chi connectivity index (χ0n) is 20.9. The maximum absolute atomic E-state index is 13.6. The summed E-state index contributed by atoms with van der Waals surface area (Å²) in [5, 5.41) is 0.973. The van der Waals surface area contributed by atoms with Crippen LogP contribution in [0.4, 0.5) is 5.82 Å². The molecule has 192 valence electrons. The van der Waals surface area contributed by atoms with Gasteiger partial charge in [0.25, 0.3) is 5.91 Å². The maximum Gasteiger partial charge on any atom is 0.261 e. The van der Waals surface area contributed by atoms with Gasteiger partial charge in [-0.1, -0.05) is 6.92 Å². The second-order valence-corrected chi connectivity index (χ2v) is 12.2.